The predicted molar refractivity (Wildman–Crippen MR) is 87.8 cm³/mol. The highest BCUT2D eigenvalue weighted by Crippen LogP contribution is 2.28. The monoisotopic (exact) mass is 300 g/mol. The fraction of sp³-hybridized carbons (Fsp3) is 0.353. The first-order valence-electron chi connectivity index (χ1n) is 7.35. The number of hydrogen-bond acceptors (Lipinski definition) is 3. The third-order valence-corrected chi connectivity index (χ3v) is 5.05. The van der Waals surface area contributed by atoms with Crippen LogP contribution in [0.2, 0.25) is 0 Å². The molecule has 21 heavy (non-hydrogen) atoms. The second-order valence-electron chi connectivity index (χ2n) is 5.49. The van der Waals surface area contributed by atoms with Gasteiger partial charge >= 0.3 is 0 Å². The third kappa shape index (κ3) is 2.87. The molecule has 3 nitrogen and oxygen atoms in total. The number of nitrogens with zero attached hydrogens (tertiary/aromatic N) is 1. The summed E-state index contributed by atoms with van der Waals surface area (Å²) < 4.78 is 0. The molecule has 0 radical (unpaired) electrons. The quantitative estimate of drug-likeness (QED) is 0.939. The molecule has 1 amide bonds. The average Bonchev–Trinajstić information content (AvgIpc) is 3.15. The standard InChI is InChI=1S/C17H20N2OS/c1-12(16-8-5-11-21-16)18-13(2)17(20)19-10-9-14-6-3-4-7-15(14)19/h3-8,11-13,18H,9-10H2,1-2H3/t12-,13-/m1/s1. The summed E-state index contributed by atoms with van der Waals surface area (Å²) in [6.45, 7) is 4.85. The maximum atomic E-state index is 12.7. The number of nitrogens with one attached hydrogen (secondary N) is 1. The van der Waals surface area contributed by atoms with Crippen molar-refractivity contribution in [3.05, 3.63) is 52.2 Å². The van der Waals surface area contributed by atoms with Gasteiger partial charge in [0.1, 0.15) is 0 Å². The van der Waals surface area contributed by atoms with E-state index in [2.05, 4.69) is 29.8 Å². The van der Waals surface area contributed by atoms with Crippen molar-refractivity contribution in [1.82, 2.24) is 5.32 Å². The molecule has 2 atom stereocenters. The van der Waals surface area contributed by atoms with Crippen LogP contribution in [0.25, 0.3) is 0 Å². The summed E-state index contributed by atoms with van der Waals surface area (Å²) in [5.41, 5.74) is 2.34. The van der Waals surface area contributed by atoms with Crippen molar-refractivity contribution < 1.29 is 4.79 Å². The molecule has 0 saturated carbocycles. The van der Waals surface area contributed by atoms with E-state index in [1.807, 2.05) is 36.1 Å². The Balaban J connectivity index is 1.68. The van der Waals surface area contributed by atoms with Gasteiger partial charge in [-0.05, 0) is 43.3 Å². The van der Waals surface area contributed by atoms with Gasteiger partial charge in [0, 0.05) is 23.2 Å². The zero-order chi connectivity index (χ0) is 14.8. The largest absolute Gasteiger partial charge is 0.310 e. The van der Waals surface area contributed by atoms with Crippen LogP contribution in [0, 0.1) is 0 Å². The Morgan fingerprint density at radius 2 is 2.05 bits per heavy atom. The molecule has 2 aromatic rings. The van der Waals surface area contributed by atoms with Crippen molar-refractivity contribution in [1.29, 1.82) is 0 Å². The first-order chi connectivity index (χ1) is 10.2. The molecule has 0 saturated heterocycles. The van der Waals surface area contributed by atoms with Crippen LogP contribution in [-0.4, -0.2) is 18.5 Å². The summed E-state index contributed by atoms with van der Waals surface area (Å²) in [7, 11) is 0. The minimum Gasteiger partial charge on any atom is -0.310 e. The number of para-hydroxylation sites is 1. The van der Waals surface area contributed by atoms with E-state index in [9.17, 15) is 4.79 Å². The normalized spacial score (nSPS) is 16.6. The average molecular weight is 300 g/mol. The van der Waals surface area contributed by atoms with Crippen LogP contribution in [-0.2, 0) is 11.2 Å². The number of thiophene rings is 1. The molecule has 4 heteroatoms. The number of fused-ring (bicyclic) bond motifs is 1. The van der Waals surface area contributed by atoms with Crippen LogP contribution in [0.4, 0.5) is 5.69 Å². The SMILES string of the molecule is C[C@@H](N[C@H](C)c1cccs1)C(=O)N1CCc2ccccc21. The molecule has 2 heterocycles. The van der Waals surface area contributed by atoms with Gasteiger partial charge in [0.2, 0.25) is 5.91 Å². The highest BCUT2D eigenvalue weighted by molar-refractivity contribution is 7.10. The smallest absolute Gasteiger partial charge is 0.243 e. The molecule has 110 valence electrons. The number of amides is 1. The van der Waals surface area contributed by atoms with Gasteiger partial charge in [-0.3, -0.25) is 10.1 Å². The van der Waals surface area contributed by atoms with Gasteiger partial charge in [0.15, 0.2) is 0 Å². The van der Waals surface area contributed by atoms with Crippen molar-refractivity contribution in [3.8, 4) is 0 Å². The summed E-state index contributed by atoms with van der Waals surface area (Å²) >= 11 is 1.72. The van der Waals surface area contributed by atoms with Crippen LogP contribution in [0.3, 0.4) is 0 Å². The zero-order valence-electron chi connectivity index (χ0n) is 12.4. The molecule has 0 aliphatic carbocycles. The fourth-order valence-corrected chi connectivity index (χ4v) is 3.61. The lowest BCUT2D eigenvalue weighted by Gasteiger charge is -2.24. The Morgan fingerprint density at radius 3 is 2.81 bits per heavy atom. The van der Waals surface area contributed by atoms with Crippen LogP contribution in [0.15, 0.2) is 41.8 Å². The first-order valence-corrected chi connectivity index (χ1v) is 8.23. The summed E-state index contributed by atoms with van der Waals surface area (Å²) in [6, 6.07) is 12.3. The van der Waals surface area contributed by atoms with Crippen molar-refractivity contribution in [3.63, 3.8) is 0 Å². The van der Waals surface area contributed by atoms with E-state index in [1.54, 1.807) is 11.3 Å². The van der Waals surface area contributed by atoms with Crippen LogP contribution >= 0.6 is 11.3 Å². The number of carbonyl (C=O) groups is 1. The van der Waals surface area contributed by atoms with Crippen LogP contribution < -0.4 is 10.2 Å². The highest BCUT2D eigenvalue weighted by Gasteiger charge is 2.28. The molecule has 0 spiro atoms. The maximum Gasteiger partial charge on any atom is 0.243 e. The molecule has 1 aromatic heterocycles. The Hall–Kier alpha value is -1.65. The highest BCUT2D eigenvalue weighted by atomic mass is 32.1. The predicted octanol–water partition coefficient (Wildman–Crippen LogP) is 3.38. The van der Waals surface area contributed by atoms with E-state index in [0.29, 0.717) is 0 Å². The van der Waals surface area contributed by atoms with Gasteiger partial charge in [-0.15, -0.1) is 11.3 Å². The van der Waals surface area contributed by atoms with Gasteiger partial charge < -0.3 is 4.90 Å². The van der Waals surface area contributed by atoms with Gasteiger partial charge in [-0.25, -0.2) is 0 Å². The minimum atomic E-state index is -0.187. The van der Waals surface area contributed by atoms with Crippen LogP contribution in [0.1, 0.15) is 30.3 Å². The lowest BCUT2D eigenvalue weighted by Crippen LogP contribution is -2.45. The molecular weight excluding hydrogens is 280 g/mol. The minimum absolute atomic E-state index is 0.156. The van der Waals surface area contributed by atoms with Crippen LogP contribution in [0.5, 0.6) is 0 Å². The van der Waals surface area contributed by atoms with Gasteiger partial charge in [0.25, 0.3) is 0 Å². The zero-order valence-corrected chi connectivity index (χ0v) is 13.2. The van der Waals surface area contributed by atoms with E-state index in [1.165, 1.54) is 10.4 Å². The summed E-state index contributed by atoms with van der Waals surface area (Å²) in [4.78, 5) is 15.9. The van der Waals surface area contributed by atoms with Crippen molar-refractivity contribution in [2.45, 2.75) is 32.4 Å². The summed E-state index contributed by atoms with van der Waals surface area (Å²) in [5.74, 6) is 0.156. The second kappa shape index (κ2) is 6.00. The van der Waals surface area contributed by atoms with Crippen molar-refractivity contribution in [2.24, 2.45) is 0 Å². The lowest BCUT2D eigenvalue weighted by molar-refractivity contribution is -0.120. The van der Waals surface area contributed by atoms with E-state index in [0.717, 1.165) is 18.7 Å². The van der Waals surface area contributed by atoms with Crippen molar-refractivity contribution in [2.75, 3.05) is 11.4 Å². The third-order valence-electron chi connectivity index (χ3n) is 3.99. The number of rotatable bonds is 4. The molecular formula is C17H20N2OS. The molecule has 1 N–H and O–H groups in total. The van der Waals surface area contributed by atoms with Gasteiger partial charge in [-0.2, -0.15) is 0 Å². The number of carbonyl (C=O) groups excluding carboxylic acids is 1. The number of anilines is 1. The molecule has 1 aromatic carbocycles. The topological polar surface area (TPSA) is 32.3 Å². The molecule has 0 fully saturated rings. The Labute approximate surface area is 129 Å². The summed E-state index contributed by atoms with van der Waals surface area (Å²) in [5, 5.41) is 5.48. The molecule has 1 aliphatic heterocycles. The van der Waals surface area contributed by atoms with E-state index >= 15 is 0 Å². The molecule has 1 aliphatic rings. The van der Waals surface area contributed by atoms with E-state index in [-0.39, 0.29) is 18.0 Å². The second-order valence-corrected chi connectivity index (χ2v) is 6.47. The lowest BCUT2D eigenvalue weighted by atomic mass is 10.1. The van der Waals surface area contributed by atoms with E-state index in [4.69, 9.17) is 0 Å². The fourth-order valence-electron chi connectivity index (χ4n) is 2.87. The molecule has 0 bridgehead atoms. The Bertz CT molecular complexity index is 623. The van der Waals surface area contributed by atoms with Crippen molar-refractivity contribution >= 4 is 22.9 Å². The number of benzene rings is 1. The molecule has 0 unspecified atom stereocenters. The van der Waals surface area contributed by atoms with Gasteiger partial charge in [-0.1, -0.05) is 24.3 Å². The molecule has 3 rings (SSSR count). The first kappa shape index (κ1) is 14.3. The number of hydrogen-bond donors (Lipinski definition) is 1. The Kier molecular flexibility index (Phi) is 4.08. The van der Waals surface area contributed by atoms with Gasteiger partial charge in [0.05, 0.1) is 6.04 Å². The Morgan fingerprint density at radius 1 is 1.24 bits per heavy atom. The summed E-state index contributed by atoms with van der Waals surface area (Å²) in [6.07, 6.45) is 0.953. The maximum absolute atomic E-state index is 12.7. The van der Waals surface area contributed by atoms with E-state index < -0.39 is 0 Å².